The predicted octanol–water partition coefficient (Wildman–Crippen LogP) is 3.98. The summed E-state index contributed by atoms with van der Waals surface area (Å²) in [4.78, 5) is 0. The van der Waals surface area contributed by atoms with E-state index >= 15 is 0 Å². The van der Waals surface area contributed by atoms with Gasteiger partial charge in [-0.05, 0) is 74.1 Å². The summed E-state index contributed by atoms with van der Waals surface area (Å²) in [5.74, 6) is 1.90. The Balaban J connectivity index is 1.70. The van der Waals surface area contributed by atoms with Crippen LogP contribution >= 0.6 is 0 Å². The van der Waals surface area contributed by atoms with Crippen molar-refractivity contribution in [3.05, 3.63) is 29.3 Å². The smallest absolute Gasteiger partial charge is 0.120 e. The number of rotatable bonds is 2. The first-order chi connectivity index (χ1) is 9.22. The van der Waals surface area contributed by atoms with E-state index in [-0.39, 0.29) is 6.04 Å². The molecule has 2 aliphatic carbocycles. The van der Waals surface area contributed by atoms with Gasteiger partial charge in [-0.25, -0.2) is 0 Å². The van der Waals surface area contributed by atoms with E-state index in [9.17, 15) is 0 Å². The number of hydrogen-bond donors (Lipinski definition) is 1. The number of hydrogen-bond acceptors (Lipinski definition) is 2. The molecule has 2 N–H and O–H groups in total. The van der Waals surface area contributed by atoms with Crippen LogP contribution in [0.1, 0.15) is 62.6 Å². The predicted molar refractivity (Wildman–Crippen MR) is 78.4 cm³/mol. The van der Waals surface area contributed by atoms with Crippen LogP contribution in [0.15, 0.2) is 18.2 Å². The van der Waals surface area contributed by atoms with Crippen molar-refractivity contribution in [2.45, 2.75) is 64.0 Å². The zero-order chi connectivity index (χ0) is 13.2. The molecule has 0 heterocycles. The fraction of sp³-hybridized carbons (Fsp3) is 0.647. The molecule has 2 aliphatic rings. The Bertz CT molecular complexity index is 435. The number of aryl methyl sites for hydroxylation is 1. The number of ether oxygens (including phenoxy) is 1. The molecule has 1 saturated carbocycles. The fourth-order valence-electron chi connectivity index (χ4n) is 3.43. The molecule has 0 spiro atoms. The molecule has 19 heavy (non-hydrogen) atoms. The molecule has 3 rings (SSSR count). The summed E-state index contributed by atoms with van der Waals surface area (Å²) in [6, 6.07) is 6.75. The normalized spacial score (nSPS) is 30.7. The molecule has 0 amide bonds. The third-order valence-corrected chi connectivity index (χ3v) is 4.74. The lowest BCUT2D eigenvalue weighted by molar-refractivity contribution is 0.135. The standard InChI is InChI=1S/C17H25NO/c1-12-5-8-14(9-6-12)19-15-10-7-13-3-2-4-17(18)16(13)11-15/h7,10-12,14,17H,2-6,8-9,18H2,1H3. The Hall–Kier alpha value is -1.02. The molecule has 104 valence electrons. The van der Waals surface area contributed by atoms with Crippen molar-refractivity contribution in [3.8, 4) is 5.75 Å². The van der Waals surface area contributed by atoms with Gasteiger partial charge in [0.05, 0.1) is 6.10 Å². The lowest BCUT2D eigenvalue weighted by atomic mass is 9.87. The molecule has 0 bridgehead atoms. The van der Waals surface area contributed by atoms with Crippen molar-refractivity contribution in [2.24, 2.45) is 11.7 Å². The van der Waals surface area contributed by atoms with Crippen molar-refractivity contribution in [1.82, 2.24) is 0 Å². The summed E-state index contributed by atoms with van der Waals surface area (Å²) in [7, 11) is 0. The molecule has 1 fully saturated rings. The van der Waals surface area contributed by atoms with Crippen LogP contribution in [0.3, 0.4) is 0 Å². The van der Waals surface area contributed by atoms with Gasteiger partial charge in [0.15, 0.2) is 0 Å². The van der Waals surface area contributed by atoms with Crippen molar-refractivity contribution < 1.29 is 4.74 Å². The maximum Gasteiger partial charge on any atom is 0.120 e. The SMILES string of the molecule is CC1CCC(Oc2ccc3c(c2)C(N)CCC3)CC1. The molecule has 2 heteroatoms. The first kappa shape index (κ1) is 13.0. The van der Waals surface area contributed by atoms with Gasteiger partial charge in [0, 0.05) is 6.04 Å². The molecule has 0 aromatic heterocycles. The van der Waals surface area contributed by atoms with Crippen LogP contribution in [-0.4, -0.2) is 6.10 Å². The van der Waals surface area contributed by atoms with Crippen molar-refractivity contribution in [1.29, 1.82) is 0 Å². The highest BCUT2D eigenvalue weighted by Gasteiger charge is 2.21. The molecule has 1 aromatic carbocycles. The summed E-state index contributed by atoms with van der Waals surface area (Å²) >= 11 is 0. The zero-order valence-electron chi connectivity index (χ0n) is 11.9. The minimum atomic E-state index is 0.207. The summed E-state index contributed by atoms with van der Waals surface area (Å²) in [6.07, 6.45) is 8.91. The van der Waals surface area contributed by atoms with Gasteiger partial charge in [0.2, 0.25) is 0 Å². The monoisotopic (exact) mass is 259 g/mol. The third kappa shape index (κ3) is 2.94. The molecule has 1 aromatic rings. The lowest BCUT2D eigenvalue weighted by Gasteiger charge is -2.28. The van der Waals surface area contributed by atoms with Crippen LogP contribution in [-0.2, 0) is 6.42 Å². The van der Waals surface area contributed by atoms with Crippen molar-refractivity contribution in [2.75, 3.05) is 0 Å². The maximum absolute atomic E-state index is 6.21. The number of nitrogens with two attached hydrogens (primary N) is 1. The minimum absolute atomic E-state index is 0.207. The van der Waals surface area contributed by atoms with Gasteiger partial charge in [-0.15, -0.1) is 0 Å². The Kier molecular flexibility index (Phi) is 3.79. The molecule has 0 radical (unpaired) electrons. The van der Waals surface area contributed by atoms with E-state index in [0.717, 1.165) is 18.1 Å². The van der Waals surface area contributed by atoms with Gasteiger partial charge < -0.3 is 10.5 Å². The quantitative estimate of drug-likeness (QED) is 0.872. The average Bonchev–Trinajstić information content (AvgIpc) is 2.42. The second kappa shape index (κ2) is 5.54. The number of fused-ring (bicyclic) bond motifs is 1. The zero-order valence-corrected chi connectivity index (χ0v) is 11.9. The summed E-state index contributed by atoms with van der Waals surface area (Å²) in [5, 5.41) is 0. The van der Waals surface area contributed by atoms with E-state index < -0.39 is 0 Å². The first-order valence-corrected chi connectivity index (χ1v) is 7.77. The van der Waals surface area contributed by atoms with E-state index in [1.165, 1.54) is 49.7 Å². The highest BCUT2D eigenvalue weighted by atomic mass is 16.5. The molecule has 0 aliphatic heterocycles. The Morgan fingerprint density at radius 2 is 1.89 bits per heavy atom. The molecule has 1 unspecified atom stereocenters. The molecular weight excluding hydrogens is 234 g/mol. The molecular formula is C17H25NO. The number of benzene rings is 1. The van der Waals surface area contributed by atoms with Gasteiger partial charge in [-0.3, -0.25) is 0 Å². The van der Waals surface area contributed by atoms with Crippen LogP contribution in [0.2, 0.25) is 0 Å². The average molecular weight is 259 g/mol. The topological polar surface area (TPSA) is 35.2 Å². The van der Waals surface area contributed by atoms with Gasteiger partial charge in [0.25, 0.3) is 0 Å². The highest BCUT2D eigenvalue weighted by Crippen LogP contribution is 2.33. The summed E-state index contributed by atoms with van der Waals surface area (Å²) in [5.41, 5.74) is 8.94. The van der Waals surface area contributed by atoms with Gasteiger partial charge >= 0.3 is 0 Å². The first-order valence-electron chi connectivity index (χ1n) is 7.77. The van der Waals surface area contributed by atoms with Crippen molar-refractivity contribution >= 4 is 0 Å². The van der Waals surface area contributed by atoms with Gasteiger partial charge in [0.1, 0.15) is 5.75 Å². The molecule has 2 nitrogen and oxygen atoms in total. The Morgan fingerprint density at radius 3 is 2.68 bits per heavy atom. The largest absolute Gasteiger partial charge is 0.490 e. The molecule has 1 atom stereocenters. The van der Waals surface area contributed by atoms with Crippen molar-refractivity contribution in [3.63, 3.8) is 0 Å². The second-order valence-electron chi connectivity index (χ2n) is 6.36. The minimum Gasteiger partial charge on any atom is -0.490 e. The lowest BCUT2D eigenvalue weighted by Crippen LogP contribution is -2.23. The second-order valence-corrected chi connectivity index (χ2v) is 6.36. The fourth-order valence-corrected chi connectivity index (χ4v) is 3.43. The van der Waals surface area contributed by atoms with E-state index in [2.05, 4.69) is 25.1 Å². The van der Waals surface area contributed by atoms with Crippen LogP contribution in [0.4, 0.5) is 0 Å². The van der Waals surface area contributed by atoms with Crippen LogP contribution in [0.25, 0.3) is 0 Å². The molecule has 0 saturated heterocycles. The van der Waals surface area contributed by atoms with Crippen LogP contribution in [0, 0.1) is 5.92 Å². The third-order valence-electron chi connectivity index (χ3n) is 4.74. The van der Waals surface area contributed by atoms with E-state index in [1.54, 1.807) is 0 Å². The van der Waals surface area contributed by atoms with Crippen LogP contribution in [0.5, 0.6) is 5.75 Å². The highest BCUT2D eigenvalue weighted by molar-refractivity contribution is 5.39. The van der Waals surface area contributed by atoms with E-state index in [1.807, 2.05) is 0 Å². The summed E-state index contributed by atoms with van der Waals surface area (Å²) < 4.78 is 6.16. The maximum atomic E-state index is 6.21. The van der Waals surface area contributed by atoms with Crippen LogP contribution < -0.4 is 10.5 Å². The van der Waals surface area contributed by atoms with Gasteiger partial charge in [-0.2, -0.15) is 0 Å². The van der Waals surface area contributed by atoms with E-state index in [4.69, 9.17) is 10.5 Å². The Labute approximate surface area is 116 Å². The van der Waals surface area contributed by atoms with Gasteiger partial charge in [-0.1, -0.05) is 13.0 Å². The Morgan fingerprint density at radius 1 is 1.11 bits per heavy atom. The summed E-state index contributed by atoms with van der Waals surface area (Å²) in [6.45, 7) is 2.34. The van der Waals surface area contributed by atoms with E-state index in [0.29, 0.717) is 6.10 Å².